The maximum Gasteiger partial charge on any atom is 0.254 e. The van der Waals surface area contributed by atoms with Crippen LogP contribution in [0.5, 0.6) is 0 Å². The molecule has 1 fully saturated rings. The van der Waals surface area contributed by atoms with Crippen molar-refractivity contribution in [2.75, 3.05) is 35.5 Å². The second-order valence-corrected chi connectivity index (χ2v) is 7.10. The van der Waals surface area contributed by atoms with E-state index in [1.165, 1.54) is 0 Å². The van der Waals surface area contributed by atoms with Crippen molar-refractivity contribution in [3.63, 3.8) is 0 Å². The second-order valence-electron chi connectivity index (χ2n) is 5.09. The van der Waals surface area contributed by atoms with Crippen molar-refractivity contribution >= 4 is 39.7 Å². The first-order chi connectivity index (χ1) is 10.4. The summed E-state index contributed by atoms with van der Waals surface area (Å²) in [7, 11) is -3.31. The summed E-state index contributed by atoms with van der Waals surface area (Å²) in [4.78, 5) is 12.1. The molecule has 1 aromatic rings. The molecular formula is C14H22ClN3O4S. The summed E-state index contributed by atoms with van der Waals surface area (Å²) in [6.07, 6.45) is -0.507. The Hall–Kier alpha value is -1.35. The SMILES string of the molecule is CCS(=O)(=O)Nc1ccc(NC(=O)C2CNCCO2)cc1C.Cl. The van der Waals surface area contributed by atoms with Crippen LogP contribution in [0.3, 0.4) is 0 Å². The molecule has 1 unspecified atom stereocenters. The molecule has 9 heteroatoms. The minimum absolute atomic E-state index is 0. The molecule has 0 radical (unpaired) electrons. The average molecular weight is 364 g/mol. The van der Waals surface area contributed by atoms with Crippen molar-refractivity contribution in [2.24, 2.45) is 0 Å². The Balaban J connectivity index is 0.00000264. The topological polar surface area (TPSA) is 96.5 Å². The van der Waals surface area contributed by atoms with Crippen LogP contribution in [0.4, 0.5) is 11.4 Å². The summed E-state index contributed by atoms with van der Waals surface area (Å²) >= 11 is 0. The molecule has 0 spiro atoms. The van der Waals surface area contributed by atoms with Crippen LogP contribution in [0.2, 0.25) is 0 Å². The highest BCUT2D eigenvalue weighted by atomic mass is 35.5. The zero-order valence-electron chi connectivity index (χ0n) is 13.1. The molecule has 1 saturated heterocycles. The van der Waals surface area contributed by atoms with E-state index < -0.39 is 16.1 Å². The number of carbonyl (C=O) groups is 1. The Kier molecular flexibility index (Phi) is 7.27. The number of rotatable bonds is 5. The van der Waals surface area contributed by atoms with Gasteiger partial charge in [-0.15, -0.1) is 12.4 Å². The minimum atomic E-state index is -3.31. The fourth-order valence-electron chi connectivity index (χ4n) is 2.05. The van der Waals surface area contributed by atoms with Gasteiger partial charge < -0.3 is 15.4 Å². The summed E-state index contributed by atoms with van der Waals surface area (Å²) in [5, 5.41) is 5.87. The minimum Gasteiger partial charge on any atom is -0.366 e. The number of benzene rings is 1. The maximum atomic E-state index is 12.1. The average Bonchev–Trinajstić information content (AvgIpc) is 2.51. The van der Waals surface area contributed by atoms with Crippen molar-refractivity contribution in [3.05, 3.63) is 23.8 Å². The van der Waals surface area contributed by atoms with E-state index in [1.54, 1.807) is 32.0 Å². The summed E-state index contributed by atoms with van der Waals surface area (Å²) in [5.41, 5.74) is 1.85. The predicted molar refractivity (Wildman–Crippen MR) is 92.7 cm³/mol. The molecule has 1 aliphatic rings. The number of amides is 1. The summed E-state index contributed by atoms with van der Waals surface area (Å²) < 4.78 is 31.1. The monoisotopic (exact) mass is 363 g/mol. The van der Waals surface area contributed by atoms with Gasteiger partial charge >= 0.3 is 0 Å². The second kappa shape index (κ2) is 8.49. The summed E-state index contributed by atoms with van der Waals surface area (Å²) in [6, 6.07) is 5.02. The molecule has 1 aliphatic heterocycles. The highest BCUT2D eigenvalue weighted by Crippen LogP contribution is 2.21. The first-order valence-corrected chi connectivity index (χ1v) is 8.81. The molecule has 0 aromatic heterocycles. The van der Waals surface area contributed by atoms with E-state index in [4.69, 9.17) is 4.74 Å². The molecule has 0 saturated carbocycles. The number of nitrogens with one attached hydrogen (secondary N) is 3. The lowest BCUT2D eigenvalue weighted by molar-refractivity contribution is -0.128. The lowest BCUT2D eigenvalue weighted by Crippen LogP contribution is -2.45. The van der Waals surface area contributed by atoms with Gasteiger partial charge in [-0.1, -0.05) is 0 Å². The van der Waals surface area contributed by atoms with Gasteiger partial charge in [-0.2, -0.15) is 0 Å². The van der Waals surface area contributed by atoms with Crippen molar-refractivity contribution in [1.29, 1.82) is 0 Å². The van der Waals surface area contributed by atoms with Crippen LogP contribution < -0.4 is 15.4 Å². The summed E-state index contributed by atoms with van der Waals surface area (Å²) in [6.45, 7) is 5.09. The maximum absolute atomic E-state index is 12.1. The van der Waals surface area contributed by atoms with E-state index in [0.717, 1.165) is 12.1 Å². The molecule has 1 heterocycles. The predicted octanol–water partition coefficient (Wildman–Crippen LogP) is 1.11. The van der Waals surface area contributed by atoms with E-state index in [9.17, 15) is 13.2 Å². The largest absolute Gasteiger partial charge is 0.366 e. The Labute approximate surface area is 142 Å². The fourth-order valence-corrected chi connectivity index (χ4v) is 2.76. The van der Waals surface area contributed by atoms with Crippen molar-refractivity contribution < 1.29 is 17.9 Å². The van der Waals surface area contributed by atoms with E-state index in [0.29, 0.717) is 24.5 Å². The molecule has 23 heavy (non-hydrogen) atoms. The van der Waals surface area contributed by atoms with Crippen molar-refractivity contribution in [1.82, 2.24) is 5.32 Å². The Morgan fingerprint density at radius 3 is 2.74 bits per heavy atom. The van der Waals surface area contributed by atoms with Gasteiger partial charge in [-0.25, -0.2) is 8.42 Å². The van der Waals surface area contributed by atoms with Crippen molar-refractivity contribution in [3.8, 4) is 0 Å². The number of aryl methyl sites for hydroxylation is 1. The van der Waals surface area contributed by atoms with Crippen molar-refractivity contribution in [2.45, 2.75) is 20.0 Å². The standard InChI is InChI=1S/C14H21N3O4S.ClH/c1-3-22(19,20)17-12-5-4-11(8-10(12)2)16-14(18)13-9-15-6-7-21-13;/h4-5,8,13,15,17H,3,6-7,9H2,1-2H3,(H,16,18);1H. The van der Waals surface area contributed by atoms with Gasteiger partial charge in [-0.05, 0) is 37.6 Å². The molecular weight excluding hydrogens is 342 g/mol. The van der Waals surface area contributed by atoms with Crippen LogP contribution in [0.15, 0.2) is 18.2 Å². The lowest BCUT2D eigenvalue weighted by Gasteiger charge is -2.22. The quantitative estimate of drug-likeness (QED) is 0.728. The van der Waals surface area contributed by atoms with Crippen LogP contribution in [0.25, 0.3) is 0 Å². The first-order valence-electron chi connectivity index (χ1n) is 7.15. The Bertz CT molecular complexity index is 645. The highest BCUT2D eigenvalue weighted by Gasteiger charge is 2.21. The van der Waals surface area contributed by atoms with Crippen LogP contribution in [-0.2, 0) is 19.6 Å². The third kappa shape index (κ3) is 5.65. The molecule has 1 aromatic carbocycles. The molecule has 3 N–H and O–H groups in total. The number of ether oxygens (including phenoxy) is 1. The zero-order chi connectivity index (χ0) is 16.2. The molecule has 1 amide bonds. The van der Waals surface area contributed by atoms with Gasteiger partial charge in [-0.3, -0.25) is 9.52 Å². The fraction of sp³-hybridized carbons (Fsp3) is 0.500. The van der Waals surface area contributed by atoms with Gasteiger partial charge in [0, 0.05) is 18.8 Å². The van der Waals surface area contributed by atoms with Gasteiger partial charge in [0.2, 0.25) is 10.0 Å². The van der Waals surface area contributed by atoms with E-state index in [1.807, 2.05) is 0 Å². The van der Waals surface area contributed by atoms with Gasteiger partial charge in [0.1, 0.15) is 6.10 Å². The van der Waals surface area contributed by atoms with Crippen LogP contribution in [0, 0.1) is 6.92 Å². The number of morpholine rings is 1. The van der Waals surface area contributed by atoms with Gasteiger partial charge in [0.25, 0.3) is 5.91 Å². The summed E-state index contributed by atoms with van der Waals surface area (Å²) in [5.74, 6) is -0.204. The molecule has 7 nitrogen and oxygen atoms in total. The molecule has 130 valence electrons. The number of hydrogen-bond donors (Lipinski definition) is 3. The highest BCUT2D eigenvalue weighted by molar-refractivity contribution is 7.92. The van der Waals surface area contributed by atoms with Crippen LogP contribution >= 0.6 is 12.4 Å². The van der Waals surface area contributed by atoms with Crippen LogP contribution in [0.1, 0.15) is 12.5 Å². The third-order valence-corrected chi connectivity index (χ3v) is 4.65. The van der Waals surface area contributed by atoms with Gasteiger partial charge in [0.15, 0.2) is 0 Å². The Morgan fingerprint density at radius 2 is 2.17 bits per heavy atom. The van der Waals surface area contributed by atoms with E-state index in [2.05, 4.69) is 15.4 Å². The molecule has 0 bridgehead atoms. The Morgan fingerprint density at radius 1 is 1.43 bits per heavy atom. The number of sulfonamides is 1. The van der Waals surface area contributed by atoms with E-state index >= 15 is 0 Å². The van der Waals surface area contributed by atoms with Gasteiger partial charge in [0.05, 0.1) is 18.0 Å². The number of anilines is 2. The third-order valence-electron chi connectivity index (χ3n) is 3.36. The normalized spacial score (nSPS) is 17.9. The number of hydrogen-bond acceptors (Lipinski definition) is 5. The number of carbonyl (C=O) groups excluding carboxylic acids is 1. The van der Waals surface area contributed by atoms with E-state index in [-0.39, 0.29) is 24.1 Å². The zero-order valence-corrected chi connectivity index (χ0v) is 14.7. The molecule has 2 rings (SSSR count). The first kappa shape index (κ1) is 19.7. The molecule has 1 atom stereocenters. The lowest BCUT2D eigenvalue weighted by atomic mass is 10.2. The molecule has 0 aliphatic carbocycles. The number of halogens is 1. The van der Waals surface area contributed by atoms with Crippen LogP contribution in [-0.4, -0.2) is 45.9 Å². The smallest absolute Gasteiger partial charge is 0.254 e.